The van der Waals surface area contributed by atoms with E-state index in [1.54, 1.807) is 42.5 Å². The van der Waals surface area contributed by atoms with Gasteiger partial charge in [0.05, 0.1) is 4.91 Å². The van der Waals surface area contributed by atoms with Gasteiger partial charge in [0.25, 0.3) is 11.1 Å². The number of rotatable bonds is 7. The number of anilines is 1. The van der Waals surface area contributed by atoms with Crippen molar-refractivity contribution in [2.45, 2.75) is 13.5 Å². The molecule has 0 radical (unpaired) electrons. The van der Waals surface area contributed by atoms with Crippen molar-refractivity contribution in [3.8, 4) is 5.75 Å². The monoisotopic (exact) mass is 492 g/mol. The fourth-order valence-electron chi connectivity index (χ4n) is 3.24. The number of nitrogens with one attached hydrogen (secondary N) is 1. The van der Waals surface area contributed by atoms with Gasteiger partial charge in [0.15, 0.2) is 0 Å². The molecular formula is C26H21ClN2O4S. The van der Waals surface area contributed by atoms with Gasteiger partial charge in [0.1, 0.15) is 18.9 Å². The summed E-state index contributed by atoms with van der Waals surface area (Å²) >= 11 is 6.71. The number of carbonyl (C=O) groups excluding carboxylic acids is 3. The average Bonchev–Trinajstić information content (AvgIpc) is 3.08. The maximum absolute atomic E-state index is 12.7. The predicted molar refractivity (Wildman–Crippen MR) is 135 cm³/mol. The standard InChI is InChI=1S/C26H21ClN2O4S/c1-17-4-2-3-5-22(17)28-24(30)15-29-25(31)23(34-26(29)32)14-18-8-12-21(13-9-18)33-16-19-6-10-20(27)11-7-19/h2-14H,15-16H2,1H3,(H,28,30)/b23-14+. The lowest BCUT2D eigenvalue weighted by Gasteiger charge is -2.13. The van der Waals surface area contributed by atoms with E-state index < -0.39 is 17.1 Å². The summed E-state index contributed by atoms with van der Waals surface area (Å²) in [5, 5.41) is 2.94. The van der Waals surface area contributed by atoms with E-state index in [-0.39, 0.29) is 11.4 Å². The maximum Gasteiger partial charge on any atom is 0.294 e. The Bertz CT molecular complexity index is 1260. The number of carbonyl (C=O) groups is 3. The van der Waals surface area contributed by atoms with Crippen LogP contribution in [-0.4, -0.2) is 28.5 Å². The highest BCUT2D eigenvalue weighted by Crippen LogP contribution is 2.32. The first-order chi connectivity index (χ1) is 16.4. The summed E-state index contributed by atoms with van der Waals surface area (Å²) in [7, 11) is 0. The number of para-hydroxylation sites is 1. The number of hydrogen-bond acceptors (Lipinski definition) is 5. The third-order valence-electron chi connectivity index (χ3n) is 5.09. The molecule has 4 rings (SSSR count). The minimum absolute atomic E-state index is 0.267. The Balaban J connectivity index is 1.36. The van der Waals surface area contributed by atoms with Crippen molar-refractivity contribution in [1.82, 2.24) is 4.90 Å². The molecule has 172 valence electrons. The first-order valence-corrected chi connectivity index (χ1v) is 11.7. The molecule has 0 spiro atoms. The lowest BCUT2D eigenvalue weighted by Crippen LogP contribution is -2.36. The SMILES string of the molecule is Cc1ccccc1NC(=O)CN1C(=O)S/C(=C/c2ccc(OCc3ccc(Cl)cc3)cc2)C1=O. The second-order valence-electron chi connectivity index (χ2n) is 7.62. The van der Waals surface area contributed by atoms with E-state index in [1.165, 1.54) is 0 Å². The number of ether oxygens (including phenoxy) is 1. The predicted octanol–water partition coefficient (Wildman–Crippen LogP) is 5.90. The van der Waals surface area contributed by atoms with Crippen LogP contribution in [0.3, 0.4) is 0 Å². The van der Waals surface area contributed by atoms with Crippen LogP contribution in [0.4, 0.5) is 10.5 Å². The van der Waals surface area contributed by atoms with E-state index in [0.717, 1.165) is 33.4 Å². The molecular weight excluding hydrogens is 472 g/mol. The van der Waals surface area contributed by atoms with Crippen molar-refractivity contribution >= 4 is 52.2 Å². The van der Waals surface area contributed by atoms with Crippen molar-refractivity contribution < 1.29 is 19.1 Å². The molecule has 8 heteroatoms. The highest BCUT2D eigenvalue weighted by Gasteiger charge is 2.36. The van der Waals surface area contributed by atoms with Crippen molar-refractivity contribution in [3.63, 3.8) is 0 Å². The summed E-state index contributed by atoms with van der Waals surface area (Å²) in [6.07, 6.45) is 1.63. The Morgan fingerprint density at radius 2 is 1.74 bits per heavy atom. The number of halogens is 1. The topological polar surface area (TPSA) is 75.7 Å². The minimum atomic E-state index is -0.488. The van der Waals surface area contributed by atoms with Gasteiger partial charge in [-0.2, -0.15) is 0 Å². The Kier molecular flexibility index (Phi) is 7.35. The summed E-state index contributed by atoms with van der Waals surface area (Å²) in [4.78, 5) is 38.7. The molecule has 0 aliphatic carbocycles. The number of amides is 3. The van der Waals surface area contributed by atoms with Crippen LogP contribution in [0.15, 0.2) is 77.7 Å². The van der Waals surface area contributed by atoms with Crippen LogP contribution in [0.5, 0.6) is 5.75 Å². The molecule has 0 atom stereocenters. The van der Waals surface area contributed by atoms with E-state index in [0.29, 0.717) is 23.1 Å². The zero-order valence-corrected chi connectivity index (χ0v) is 19.9. The molecule has 1 saturated heterocycles. The molecule has 0 unspecified atom stereocenters. The Hall–Kier alpha value is -3.55. The lowest BCUT2D eigenvalue weighted by molar-refractivity contribution is -0.127. The maximum atomic E-state index is 12.7. The fraction of sp³-hybridized carbons (Fsp3) is 0.115. The quantitative estimate of drug-likeness (QED) is 0.415. The highest BCUT2D eigenvalue weighted by molar-refractivity contribution is 8.18. The molecule has 34 heavy (non-hydrogen) atoms. The van der Waals surface area contributed by atoms with Crippen LogP contribution in [0.1, 0.15) is 16.7 Å². The Labute approximate surface area is 206 Å². The van der Waals surface area contributed by atoms with Gasteiger partial charge in [-0.25, -0.2) is 0 Å². The average molecular weight is 493 g/mol. The molecule has 1 aliphatic rings. The van der Waals surface area contributed by atoms with Crippen LogP contribution < -0.4 is 10.1 Å². The number of thioether (sulfide) groups is 1. The van der Waals surface area contributed by atoms with Crippen LogP contribution in [-0.2, 0) is 16.2 Å². The summed E-state index contributed by atoms with van der Waals surface area (Å²) in [6.45, 7) is 1.93. The molecule has 1 aliphatic heterocycles. The van der Waals surface area contributed by atoms with Crippen LogP contribution in [0.2, 0.25) is 5.02 Å². The van der Waals surface area contributed by atoms with E-state index in [2.05, 4.69) is 5.32 Å². The first-order valence-electron chi connectivity index (χ1n) is 10.5. The first kappa shape index (κ1) is 23.6. The second kappa shape index (κ2) is 10.6. The van der Waals surface area contributed by atoms with Gasteiger partial charge >= 0.3 is 0 Å². The molecule has 3 aromatic rings. The van der Waals surface area contributed by atoms with E-state index >= 15 is 0 Å². The Morgan fingerprint density at radius 3 is 2.44 bits per heavy atom. The van der Waals surface area contributed by atoms with Crippen LogP contribution >= 0.6 is 23.4 Å². The van der Waals surface area contributed by atoms with Crippen molar-refractivity contribution in [3.05, 3.63) is 99.4 Å². The van der Waals surface area contributed by atoms with Crippen molar-refractivity contribution in [2.24, 2.45) is 0 Å². The molecule has 0 saturated carbocycles. The fourth-order valence-corrected chi connectivity index (χ4v) is 4.21. The van der Waals surface area contributed by atoms with Gasteiger partial charge in [-0.15, -0.1) is 0 Å². The third-order valence-corrected chi connectivity index (χ3v) is 6.25. The third kappa shape index (κ3) is 5.87. The van der Waals surface area contributed by atoms with Gasteiger partial charge in [-0.3, -0.25) is 19.3 Å². The lowest BCUT2D eigenvalue weighted by atomic mass is 10.2. The summed E-state index contributed by atoms with van der Waals surface area (Å²) in [6, 6.07) is 21.9. The number of nitrogens with zero attached hydrogens (tertiary/aromatic N) is 1. The molecule has 0 bridgehead atoms. The summed E-state index contributed by atoms with van der Waals surface area (Å²) in [5.74, 6) is -0.244. The molecule has 1 N–H and O–H groups in total. The molecule has 0 aromatic heterocycles. The van der Waals surface area contributed by atoms with E-state index in [1.807, 2.05) is 43.3 Å². The zero-order valence-electron chi connectivity index (χ0n) is 18.3. The van der Waals surface area contributed by atoms with Crippen LogP contribution in [0.25, 0.3) is 6.08 Å². The van der Waals surface area contributed by atoms with E-state index in [4.69, 9.17) is 16.3 Å². The number of hydrogen-bond donors (Lipinski definition) is 1. The zero-order chi connectivity index (χ0) is 24.1. The minimum Gasteiger partial charge on any atom is -0.489 e. The van der Waals surface area contributed by atoms with Gasteiger partial charge in [-0.05, 0) is 71.8 Å². The number of aryl methyl sites for hydroxylation is 1. The normalized spacial score (nSPS) is 14.5. The molecule has 3 aromatic carbocycles. The van der Waals surface area contributed by atoms with Crippen molar-refractivity contribution in [2.75, 3.05) is 11.9 Å². The molecule has 6 nitrogen and oxygen atoms in total. The molecule has 1 fully saturated rings. The molecule has 3 amide bonds. The van der Waals surface area contributed by atoms with Gasteiger partial charge in [-0.1, -0.05) is 54.1 Å². The highest BCUT2D eigenvalue weighted by atomic mass is 35.5. The summed E-state index contributed by atoms with van der Waals surface area (Å²) in [5.41, 5.74) is 3.28. The van der Waals surface area contributed by atoms with Gasteiger partial charge in [0.2, 0.25) is 5.91 Å². The number of imide groups is 1. The number of benzene rings is 3. The largest absolute Gasteiger partial charge is 0.489 e. The second-order valence-corrected chi connectivity index (χ2v) is 9.04. The van der Waals surface area contributed by atoms with E-state index in [9.17, 15) is 14.4 Å². The van der Waals surface area contributed by atoms with Crippen molar-refractivity contribution in [1.29, 1.82) is 0 Å². The van der Waals surface area contributed by atoms with Crippen LogP contribution in [0, 0.1) is 6.92 Å². The van der Waals surface area contributed by atoms with Gasteiger partial charge < -0.3 is 10.1 Å². The van der Waals surface area contributed by atoms with Gasteiger partial charge in [0, 0.05) is 10.7 Å². The summed E-state index contributed by atoms with van der Waals surface area (Å²) < 4.78 is 5.77. The molecule has 1 heterocycles. The smallest absolute Gasteiger partial charge is 0.294 e. The Morgan fingerprint density at radius 1 is 1.03 bits per heavy atom.